The maximum atomic E-state index is 13.2. The van der Waals surface area contributed by atoms with Crippen molar-refractivity contribution in [3.8, 4) is 5.69 Å². The van der Waals surface area contributed by atoms with Gasteiger partial charge in [-0.05, 0) is 49.9 Å². The predicted molar refractivity (Wildman–Crippen MR) is 121 cm³/mol. The number of likely N-dealkylation sites (tertiary alicyclic amines) is 1. The minimum atomic E-state index is -0.0414. The van der Waals surface area contributed by atoms with Gasteiger partial charge >= 0.3 is 0 Å². The molecule has 6 nitrogen and oxygen atoms in total. The largest absolute Gasteiger partial charge is 0.349 e. The van der Waals surface area contributed by atoms with Crippen LogP contribution in [0.2, 0.25) is 0 Å². The third kappa shape index (κ3) is 4.38. The van der Waals surface area contributed by atoms with E-state index in [4.69, 9.17) is 0 Å². The second-order valence-corrected chi connectivity index (χ2v) is 7.96. The lowest BCUT2D eigenvalue weighted by atomic mass is 10.0. The highest BCUT2D eigenvalue weighted by Gasteiger charge is 2.27. The molecular formula is C25H28N4O2. The third-order valence-corrected chi connectivity index (χ3v) is 5.94. The molecule has 2 amide bonds. The summed E-state index contributed by atoms with van der Waals surface area (Å²) in [6, 6.07) is 17.6. The molecule has 2 heterocycles. The van der Waals surface area contributed by atoms with Gasteiger partial charge in [0.05, 0.1) is 23.1 Å². The number of aryl methyl sites for hydroxylation is 1. The van der Waals surface area contributed by atoms with Crippen LogP contribution in [0.3, 0.4) is 0 Å². The van der Waals surface area contributed by atoms with Crippen LogP contribution in [0.4, 0.5) is 0 Å². The van der Waals surface area contributed by atoms with E-state index in [1.807, 2.05) is 78.0 Å². The number of hydrogen-bond acceptors (Lipinski definition) is 3. The van der Waals surface area contributed by atoms with Crippen molar-refractivity contribution in [1.29, 1.82) is 0 Å². The van der Waals surface area contributed by atoms with Crippen LogP contribution in [0.5, 0.6) is 0 Å². The van der Waals surface area contributed by atoms with Crippen LogP contribution < -0.4 is 5.32 Å². The molecule has 4 rings (SSSR count). The minimum Gasteiger partial charge on any atom is -0.349 e. The van der Waals surface area contributed by atoms with Gasteiger partial charge in [-0.2, -0.15) is 5.10 Å². The quantitative estimate of drug-likeness (QED) is 0.688. The van der Waals surface area contributed by atoms with Crippen LogP contribution in [0, 0.1) is 6.92 Å². The molecule has 0 aliphatic carbocycles. The average Bonchev–Trinajstić information content (AvgIpc) is 3.24. The van der Waals surface area contributed by atoms with Gasteiger partial charge in [-0.25, -0.2) is 4.68 Å². The van der Waals surface area contributed by atoms with Gasteiger partial charge in [-0.15, -0.1) is 0 Å². The van der Waals surface area contributed by atoms with Gasteiger partial charge in [-0.3, -0.25) is 9.59 Å². The van der Waals surface area contributed by atoms with E-state index < -0.39 is 0 Å². The summed E-state index contributed by atoms with van der Waals surface area (Å²) in [7, 11) is 0. The number of amides is 2. The molecule has 1 aliphatic rings. The summed E-state index contributed by atoms with van der Waals surface area (Å²) >= 11 is 0. The lowest BCUT2D eigenvalue weighted by Crippen LogP contribution is -2.46. The van der Waals surface area contributed by atoms with E-state index in [9.17, 15) is 9.59 Å². The van der Waals surface area contributed by atoms with Crippen LogP contribution in [-0.4, -0.2) is 45.6 Å². The van der Waals surface area contributed by atoms with Crippen LogP contribution in [-0.2, 0) is 6.42 Å². The highest BCUT2D eigenvalue weighted by molar-refractivity contribution is 5.96. The SMILES string of the molecule is CCc1c(C(=O)N2CCC(NC(=O)c3ccccc3C)CC2)cnn1-c1ccccc1. The highest BCUT2D eigenvalue weighted by atomic mass is 16.2. The average molecular weight is 417 g/mol. The maximum Gasteiger partial charge on any atom is 0.257 e. The van der Waals surface area contributed by atoms with Crippen molar-refractivity contribution in [2.24, 2.45) is 0 Å². The Hall–Kier alpha value is -3.41. The smallest absolute Gasteiger partial charge is 0.257 e. The van der Waals surface area contributed by atoms with E-state index in [1.165, 1.54) is 0 Å². The van der Waals surface area contributed by atoms with Gasteiger partial charge in [0.25, 0.3) is 11.8 Å². The molecule has 0 unspecified atom stereocenters. The van der Waals surface area contributed by atoms with Gasteiger partial charge in [0.15, 0.2) is 0 Å². The Balaban J connectivity index is 1.40. The minimum absolute atomic E-state index is 0.0164. The van der Waals surface area contributed by atoms with Gasteiger partial charge in [0.2, 0.25) is 0 Å². The van der Waals surface area contributed by atoms with Crippen LogP contribution in [0.25, 0.3) is 5.69 Å². The molecule has 0 radical (unpaired) electrons. The predicted octanol–water partition coefficient (Wildman–Crippen LogP) is 3.78. The number of benzene rings is 2. The second-order valence-electron chi connectivity index (χ2n) is 7.96. The van der Waals surface area contributed by atoms with E-state index in [0.717, 1.165) is 36.2 Å². The summed E-state index contributed by atoms with van der Waals surface area (Å²) in [5, 5.41) is 7.61. The standard InChI is InChI=1S/C25H28N4O2/c1-3-23-22(17-26-29(23)20-10-5-4-6-11-20)25(31)28-15-13-19(14-16-28)27-24(30)21-12-8-7-9-18(21)2/h4-12,17,19H,3,13-16H2,1-2H3,(H,27,30). The number of nitrogens with one attached hydrogen (secondary N) is 1. The lowest BCUT2D eigenvalue weighted by molar-refractivity contribution is 0.0697. The molecule has 0 saturated carbocycles. The van der Waals surface area contributed by atoms with E-state index in [0.29, 0.717) is 24.2 Å². The van der Waals surface area contributed by atoms with Crippen molar-refractivity contribution in [3.63, 3.8) is 0 Å². The fourth-order valence-corrected chi connectivity index (χ4v) is 4.17. The first-order valence-electron chi connectivity index (χ1n) is 10.9. The van der Waals surface area contributed by atoms with Crippen LogP contribution >= 0.6 is 0 Å². The zero-order valence-corrected chi connectivity index (χ0v) is 18.0. The Kier molecular flexibility index (Phi) is 6.16. The zero-order chi connectivity index (χ0) is 21.8. The molecule has 3 aromatic rings. The first-order valence-corrected chi connectivity index (χ1v) is 10.9. The number of nitrogens with zero attached hydrogens (tertiary/aromatic N) is 3. The molecule has 1 aliphatic heterocycles. The summed E-state index contributed by atoms with van der Waals surface area (Å²) in [5.74, 6) is -0.0250. The molecule has 1 saturated heterocycles. The topological polar surface area (TPSA) is 67.2 Å². The van der Waals surface area contributed by atoms with Crippen molar-refractivity contribution in [1.82, 2.24) is 20.0 Å². The monoisotopic (exact) mass is 416 g/mol. The van der Waals surface area contributed by atoms with Crippen molar-refractivity contribution < 1.29 is 9.59 Å². The lowest BCUT2D eigenvalue weighted by Gasteiger charge is -2.32. The van der Waals surface area contributed by atoms with Crippen molar-refractivity contribution in [2.75, 3.05) is 13.1 Å². The number of carbonyl (C=O) groups excluding carboxylic acids is 2. The maximum absolute atomic E-state index is 13.2. The molecule has 6 heteroatoms. The molecule has 1 N–H and O–H groups in total. The van der Waals surface area contributed by atoms with Gasteiger partial charge in [-0.1, -0.05) is 43.3 Å². The molecule has 1 fully saturated rings. The number of aromatic nitrogens is 2. The molecule has 0 atom stereocenters. The molecule has 160 valence electrons. The van der Waals surface area contributed by atoms with E-state index in [1.54, 1.807) is 6.20 Å². The van der Waals surface area contributed by atoms with E-state index >= 15 is 0 Å². The van der Waals surface area contributed by atoms with E-state index in [-0.39, 0.29) is 17.9 Å². The first-order chi connectivity index (χ1) is 15.1. The third-order valence-electron chi connectivity index (χ3n) is 5.94. The number of piperidine rings is 1. The fraction of sp³-hybridized carbons (Fsp3) is 0.320. The van der Waals surface area contributed by atoms with E-state index in [2.05, 4.69) is 10.4 Å². The Morgan fingerprint density at radius 1 is 1.00 bits per heavy atom. The Morgan fingerprint density at radius 2 is 1.68 bits per heavy atom. The Morgan fingerprint density at radius 3 is 2.35 bits per heavy atom. The second kappa shape index (κ2) is 9.16. The summed E-state index contributed by atoms with van der Waals surface area (Å²) in [6.07, 6.45) is 3.90. The van der Waals surface area contributed by atoms with Gasteiger partial charge in [0, 0.05) is 24.7 Å². The number of hydrogen-bond donors (Lipinski definition) is 1. The fourth-order valence-electron chi connectivity index (χ4n) is 4.17. The molecular weight excluding hydrogens is 388 g/mol. The summed E-state index contributed by atoms with van der Waals surface area (Å²) in [4.78, 5) is 27.7. The van der Waals surface area contributed by atoms with Crippen molar-refractivity contribution in [3.05, 3.63) is 83.2 Å². The summed E-state index contributed by atoms with van der Waals surface area (Å²) in [6.45, 7) is 5.23. The van der Waals surface area contributed by atoms with Crippen LogP contribution in [0.1, 0.15) is 51.7 Å². The molecule has 31 heavy (non-hydrogen) atoms. The number of rotatable bonds is 5. The zero-order valence-electron chi connectivity index (χ0n) is 18.0. The van der Waals surface area contributed by atoms with Gasteiger partial charge in [0.1, 0.15) is 0 Å². The normalized spacial score (nSPS) is 14.5. The Labute approximate surface area is 182 Å². The molecule has 1 aromatic heterocycles. The number of para-hydroxylation sites is 1. The molecule has 0 spiro atoms. The summed E-state index contributed by atoms with van der Waals surface area (Å²) in [5.41, 5.74) is 4.22. The Bertz CT molecular complexity index is 1070. The van der Waals surface area contributed by atoms with Gasteiger partial charge < -0.3 is 10.2 Å². The molecule has 0 bridgehead atoms. The number of carbonyl (C=O) groups is 2. The highest BCUT2D eigenvalue weighted by Crippen LogP contribution is 2.20. The summed E-state index contributed by atoms with van der Waals surface area (Å²) < 4.78 is 1.85. The van der Waals surface area contributed by atoms with Crippen LogP contribution in [0.15, 0.2) is 60.8 Å². The molecule has 2 aromatic carbocycles. The first kappa shape index (κ1) is 20.8. The van der Waals surface area contributed by atoms with Crippen molar-refractivity contribution in [2.45, 2.75) is 39.2 Å². The van der Waals surface area contributed by atoms with Crippen molar-refractivity contribution >= 4 is 11.8 Å².